The third-order valence-electron chi connectivity index (χ3n) is 3.71. The first-order valence-electron chi connectivity index (χ1n) is 8.71. The number of unbranched alkanes of at least 4 members (excludes halogenated alkanes) is 7. The van der Waals surface area contributed by atoms with E-state index in [1.54, 1.807) is 0 Å². The zero-order valence-corrected chi connectivity index (χ0v) is 13.7. The van der Waals surface area contributed by atoms with Crippen LogP contribution in [0.1, 0.15) is 90.4 Å². The van der Waals surface area contributed by atoms with Crippen LogP contribution in [0.3, 0.4) is 0 Å². The van der Waals surface area contributed by atoms with Crippen molar-refractivity contribution in [3.05, 3.63) is 12.2 Å². The summed E-state index contributed by atoms with van der Waals surface area (Å²) in [6.45, 7) is 2.11. The highest BCUT2D eigenvalue weighted by molar-refractivity contribution is 5.66. The molecular weight excluding hydrogens is 264 g/mol. The number of carboxylic acids is 1. The van der Waals surface area contributed by atoms with E-state index in [0.29, 0.717) is 6.42 Å². The molecule has 21 heavy (non-hydrogen) atoms. The lowest BCUT2D eigenvalue weighted by molar-refractivity contribution is -0.137. The van der Waals surface area contributed by atoms with E-state index in [0.717, 1.165) is 57.8 Å². The number of aliphatic carboxylic acids is 1. The van der Waals surface area contributed by atoms with Crippen molar-refractivity contribution < 1.29 is 15.0 Å². The Bertz CT molecular complexity index is 261. The molecule has 2 N–H and O–H groups in total. The molecule has 0 rings (SSSR count). The molecule has 3 nitrogen and oxygen atoms in total. The van der Waals surface area contributed by atoms with Gasteiger partial charge in [0.25, 0.3) is 0 Å². The third-order valence-corrected chi connectivity index (χ3v) is 3.71. The Balaban J connectivity index is 3.17. The molecule has 0 aliphatic rings. The van der Waals surface area contributed by atoms with Crippen molar-refractivity contribution in [3.8, 4) is 0 Å². The average Bonchev–Trinajstić information content (AvgIpc) is 2.44. The lowest BCUT2D eigenvalue weighted by atomic mass is 10.1. The van der Waals surface area contributed by atoms with E-state index >= 15 is 0 Å². The van der Waals surface area contributed by atoms with Crippen LogP contribution in [0.2, 0.25) is 0 Å². The van der Waals surface area contributed by atoms with Crippen LogP contribution >= 0.6 is 0 Å². The highest BCUT2D eigenvalue weighted by Gasteiger charge is 2.00. The summed E-state index contributed by atoms with van der Waals surface area (Å²) in [4.78, 5) is 10.3. The number of hydrogen-bond acceptors (Lipinski definition) is 2. The number of allylic oxidation sites excluding steroid dienone is 2. The maximum Gasteiger partial charge on any atom is 0.303 e. The van der Waals surface area contributed by atoms with Gasteiger partial charge in [0, 0.05) is 6.42 Å². The van der Waals surface area contributed by atoms with Gasteiger partial charge >= 0.3 is 5.97 Å². The second-order valence-corrected chi connectivity index (χ2v) is 5.90. The van der Waals surface area contributed by atoms with Crippen molar-refractivity contribution in [1.29, 1.82) is 0 Å². The molecule has 0 aliphatic carbocycles. The standard InChI is InChI=1S/C18H34O3/c1-2-14-17(19)15-12-10-8-6-4-3-5-7-9-11-13-16-18(20)21/h4,6,17,19H,2-3,5,7-16H2,1H3,(H,20,21)/b6-4-. The molecular formula is C18H34O3. The normalized spacial score (nSPS) is 12.9. The molecule has 0 aromatic rings. The predicted molar refractivity (Wildman–Crippen MR) is 88.5 cm³/mol. The monoisotopic (exact) mass is 298 g/mol. The minimum absolute atomic E-state index is 0.0971. The van der Waals surface area contributed by atoms with Crippen LogP contribution in [0.15, 0.2) is 12.2 Å². The average molecular weight is 298 g/mol. The Morgan fingerprint density at radius 1 is 0.905 bits per heavy atom. The van der Waals surface area contributed by atoms with Crippen molar-refractivity contribution >= 4 is 5.97 Å². The molecule has 3 heteroatoms. The molecule has 0 aliphatic heterocycles. The van der Waals surface area contributed by atoms with Gasteiger partial charge < -0.3 is 10.2 Å². The van der Waals surface area contributed by atoms with Gasteiger partial charge in [-0.2, -0.15) is 0 Å². The van der Waals surface area contributed by atoms with Crippen molar-refractivity contribution in [2.45, 2.75) is 96.5 Å². The lowest BCUT2D eigenvalue weighted by Gasteiger charge is -2.07. The minimum atomic E-state index is -0.680. The van der Waals surface area contributed by atoms with E-state index in [2.05, 4.69) is 19.1 Å². The molecule has 1 unspecified atom stereocenters. The molecule has 0 saturated carbocycles. The zero-order chi connectivity index (χ0) is 15.8. The second kappa shape index (κ2) is 15.6. The van der Waals surface area contributed by atoms with Crippen molar-refractivity contribution in [2.24, 2.45) is 0 Å². The Morgan fingerprint density at radius 3 is 2.10 bits per heavy atom. The number of aliphatic hydroxyl groups excluding tert-OH is 1. The Hall–Kier alpha value is -0.830. The van der Waals surface area contributed by atoms with Gasteiger partial charge in [-0.05, 0) is 44.9 Å². The topological polar surface area (TPSA) is 57.5 Å². The molecule has 0 saturated heterocycles. The zero-order valence-electron chi connectivity index (χ0n) is 13.7. The number of carbonyl (C=O) groups is 1. The van der Waals surface area contributed by atoms with Crippen LogP contribution < -0.4 is 0 Å². The van der Waals surface area contributed by atoms with Gasteiger partial charge in [0.2, 0.25) is 0 Å². The first-order chi connectivity index (χ1) is 10.2. The fraction of sp³-hybridized carbons (Fsp3) is 0.833. The SMILES string of the molecule is CCCC(O)CCCC/C=C\CCCCCCCC(=O)O. The Morgan fingerprint density at radius 2 is 1.48 bits per heavy atom. The van der Waals surface area contributed by atoms with Gasteiger partial charge in [0.15, 0.2) is 0 Å². The highest BCUT2D eigenvalue weighted by Crippen LogP contribution is 2.10. The summed E-state index contributed by atoms with van der Waals surface area (Å²) in [5, 5.41) is 18.1. The van der Waals surface area contributed by atoms with E-state index in [1.807, 2.05) is 0 Å². The molecule has 0 amide bonds. The molecule has 124 valence electrons. The summed E-state index contributed by atoms with van der Waals surface area (Å²) in [6.07, 6.45) is 17.6. The first-order valence-corrected chi connectivity index (χ1v) is 8.71. The van der Waals surface area contributed by atoms with Gasteiger partial charge in [-0.1, -0.05) is 51.2 Å². The molecule has 0 heterocycles. The van der Waals surface area contributed by atoms with Gasteiger partial charge in [-0.3, -0.25) is 4.79 Å². The van der Waals surface area contributed by atoms with Crippen molar-refractivity contribution in [1.82, 2.24) is 0 Å². The van der Waals surface area contributed by atoms with E-state index < -0.39 is 5.97 Å². The molecule has 0 aromatic carbocycles. The molecule has 1 atom stereocenters. The van der Waals surface area contributed by atoms with Gasteiger partial charge in [-0.15, -0.1) is 0 Å². The Labute approximate surface area is 130 Å². The Kier molecular flexibility index (Phi) is 14.9. The molecule has 0 radical (unpaired) electrons. The van der Waals surface area contributed by atoms with Crippen LogP contribution in [0.5, 0.6) is 0 Å². The number of hydrogen-bond donors (Lipinski definition) is 2. The van der Waals surface area contributed by atoms with Gasteiger partial charge in [-0.25, -0.2) is 0 Å². The lowest BCUT2D eigenvalue weighted by Crippen LogP contribution is -2.04. The second-order valence-electron chi connectivity index (χ2n) is 5.90. The van der Waals surface area contributed by atoms with Crippen LogP contribution in [0, 0.1) is 0 Å². The number of rotatable bonds is 15. The van der Waals surface area contributed by atoms with E-state index in [1.165, 1.54) is 19.3 Å². The largest absolute Gasteiger partial charge is 0.481 e. The van der Waals surface area contributed by atoms with Crippen molar-refractivity contribution in [3.63, 3.8) is 0 Å². The highest BCUT2D eigenvalue weighted by atomic mass is 16.4. The molecule has 0 spiro atoms. The van der Waals surface area contributed by atoms with Crippen LogP contribution in [-0.4, -0.2) is 22.3 Å². The fourth-order valence-electron chi connectivity index (χ4n) is 2.42. The molecule has 0 bridgehead atoms. The van der Waals surface area contributed by atoms with Crippen LogP contribution in [0.4, 0.5) is 0 Å². The summed E-state index contributed by atoms with van der Waals surface area (Å²) in [7, 11) is 0. The van der Waals surface area contributed by atoms with Crippen LogP contribution in [0.25, 0.3) is 0 Å². The molecule has 0 fully saturated rings. The summed E-state index contributed by atoms with van der Waals surface area (Å²) in [5.41, 5.74) is 0. The smallest absolute Gasteiger partial charge is 0.303 e. The first kappa shape index (κ1) is 20.2. The number of carboxylic acid groups (broad SMARTS) is 1. The fourth-order valence-corrected chi connectivity index (χ4v) is 2.42. The van der Waals surface area contributed by atoms with Crippen molar-refractivity contribution in [2.75, 3.05) is 0 Å². The van der Waals surface area contributed by atoms with E-state index in [4.69, 9.17) is 5.11 Å². The maximum absolute atomic E-state index is 10.3. The molecule has 0 aromatic heterocycles. The van der Waals surface area contributed by atoms with Gasteiger partial charge in [0.05, 0.1) is 6.10 Å². The summed E-state index contributed by atoms with van der Waals surface area (Å²) < 4.78 is 0. The van der Waals surface area contributed by atoms with E-state index in [-0.39, 0.29) is 6.10 Å². The maximum atomic E-state index is 10.3. The van der Waals surface area contributed by atoms with Crippen LogP contribution in [-0.2, 0) is 4.79 Å². The van der Waals surface area contributed by atoms with E-state index in [9.17, 15) is 9.90 Å². The minimum Gasteiger partial charge on any atom is -0.481 e. The number of aliphatic hydroxyl groups is 1. The summed E-state index contributed by atoms with van der Waals surface area (Å²) in [6, 6.07) is 0. The third kappa shape index (κ3) is 17.1. The predicted octanol–water partition coefficient (Wildman–Crippen LogP) is 5.08. The quantitative estimate of drug-likeness (QED) is 0.327. The summed E-state index contributed by atoms with van der Waals surface area (Å²) >= 11 is 0. The summed E-state index contributed by atoms with van der Waals surface area (Å²) in [5.74, 6) is -0.680. The van der Waals surface area contributed by atoms with Gasteiger partial charge in [0.1, 0.15) is 0 Å².